The SMILES string of the molecule is C1=C(c2cccc(-c3cccnc3)c2)NC(c2cccc(-c3ccc4ccccc4c3)c2)=NC1c1ccc(-c2ccccc2)cc1. The molecular formula is C43H31N3. The van der Waals surface area contributed by atoms with Crippen molar-refractivity contribution in [1.29, 1.82) is 0 Å². The average Bonchev–Trinajstić information content (AvgIpc) is 3.15. The molecule has 46 heavy (non-hydrogen) atoms. The first-order chi connectivity index (χ1) is 22.8. The van der Waals surface area contributed by atoms with Crippen LogP contribution < -0.4 is 5.32 Å². The molecule has 0 spiro atoms. The molecule has 1 aliphatic rings. The van der Waals surface area contributed by atoms with Gasteiger partial charge in [-0.2, -0.15) is 0 Å². The van der Waals surface area contributed by atoms with Crippen molar-refractivity contribution in [3.63, 3.8) is 0 Å². The Bertz CT molecular complexity index is 2220. The van der Waals surface area contributed by atoms with Crippen LogP contribution in [0.25, 0.3) is 49.9 Å². The summed E-state index contributed by atoms with van der Waals surface area (Å²) in [7, 11) is 0. The Kier molecular flexibility index (Phi) is 7.26. The number of fused-ring (bicyclic) bond motifs is 1. The molecule has 0 radical (unpaired) electrons. The minimum Gasteiger partial charge on any atom is -0.340 e. The molecule has 1 aliphatic heterocycles. The molecule has 218 valence electrons. The maximum absolute atomic E-state index is 5.28. The van der Waals surface area contributed by atoms with Crippen molar-refractivity contribution in [1.82, 2.24) is 10.3 Å². The van der Waals surface area contributed by atoms with Gasteiger partial charge in [0.25, 0.3) is 0 Å². The van der Waals surface area contributed by atoms with Gasteiger partial charge in [-0.3, -0.25) is 9.98 Å². The van der Waals surface area contributed by atoms with Crippen LogP contribution >= 0.6 is 0 Å². The van der Waals surface area contributed by atoms with Crippen molar-refractivity contribution in [3.05, 3.63) is 193 Å². The van der Waals surface area contributed by atoms with Gasteiger partial charge in [0, 0.05) is 29.2 Å². The van der Waals surface area contributed by atoms with Crippen LogP contribution in [0.15, 0.2) is 181 Å². The second-order valence-corrected chi connectivity index (χ2v) is 11.6. The predicted octanol–water partition coefficient (Wildman–Crippen LogP) is 10.4. The van der Waals surface area contributed by atoms with Crippen LogP contribution in [0.2, 0.25) is 0 Å². The quantitative estimate of drug-likeness (QED) is 0.210. The van der Waals surface area contributed by atoms with Gasteiger partial charge in [0.15, 0.2) is 0 Å². The predicted molar refractivity (Wildman–Crippen MR) is 191 cm³/mol. The monoisotopic (exact) mass is 589 g/mol. The minimum atomic E-state index is -0.151. The first-order valence-corrected chi connectivity index (χ1v) is 15.6. The third kappa shape index (κ3) is 5.62. The summed E-state index contributed by atoms with van der Waals surface area (Å²) in [6, 6.07) is 55.6. The summed E-state index contributed by atoms with van der Waals surface area (Å²) in [4.78, 5) is 9.62. The van der Waals surface area contributed by atoms with E-state index >= 15 is 0 Å². The maximum atomic E-state index is 5.28. The lowest BCUT2D eigenvalue weighted by Crippen LogP contribution is -2.27. The van der Waals surface area contributed by atoms with Crippen molar-refractivity contribution in [3.8, 4) is 33.4 Å². The summed E-state index contributed by atoms with van der Waals surface area (Å²) in [5.41, 5.74) is 11.3. The fraction of sp³-hybridized carbons (Fsp3) is 0.0233. The highest BCUT2D eigenvalue weighted by molar-refractivity contribution is 6.05. The van der Waals surface area contributed by atoms with Crippen molar-refractivity contribution in [2.45, 2.75) is 6.04 Å². The van der Waals surface area contributed by atoms with Gasteiger partial charge < -0.3 is 5.32 Å². The van der Waals surface area contributed by atoms with Gasteiger partial charge in [0.2, 0.25) is 0 Å². The van der Waals surface area contributed by atoms with Gasteiger partial charge in [-0.15, -0.1) is 0 Å². The number of hydrogen-bond acceptors (Lipinski definition) is 3. The summed E-state index contributed by atoms with van der Waals surface area (Å²) < 4.78 is 0. The molecule has 7 aromatic rings. The molecule has 0 saturated heterocycles. The fourth-order valence-corrected chi connectivity index (χ4v) is 6.14. The van der Waals surface area contributed by atoms with Crippen molar-refractivity contribution < 1.29 is 0 Å². The third-order valence-corrected chi connectivity index (χ3v) is 8.59. The molecule has 0 amide bonds. The Hall–Kier alpha value is -6.06. The van der Waals surface area contributed by atoms with Gasteiger partial charge in [-0.1, -0.05) is 133 Å². The Labute approximate surface area is 269 Å². The van der Waals surface area contributed by atoms with Crippen molar-refractivity contribution in [2.75, 3.05) is 0 Å². The van der Waals surface area contributed by atoms with Gasteiger partial charge in [-0.25, -0.2) is 0 Å². The molecule has 0 fully saturated rings. The summed E-state index contributed by atoms with van der Waals surface area (Å²) in [5.74, 6) is 0.851. The number of aromatic nitrogens is 1. The van der Waals surface area contributed by atoms with E-state index < -0.39 is 0 Å². The molecule has 0 aliphatic carbocycles. The Balaban J connectivity index is 1.19. The zero-order valence-corrected chi connectivity index (χ0v) is 25.2. The van der Waals surface area contributed by atoms with E-state index in [2.05, 4.69) is 162 Å². The second kappa shape index (κ2) is 12.1. The molecule has 1 N–H and O–H groups in total. The fourth-order valence-electron chi connectivity index (χ4n) is 6.14. The number of amidine groups is 1. The molecule has 1 aromatic heterocycles. The summed E-state index contributed by atoms with van der Waals surface area (Å²) in [5, 5.41) is 6.18. The zero-order valence-electron chi connectivity index (χ0n) is 25.2. The van der Waals surface area contributed by atoms with Crippen LogP contribution in [0.4, 0.5) is 0 Å². The molecule has 2 heterocycles. The van der Waals surface area contributed by atoms with Crippen molar-refractivity contribution in [2.24, 2.45) is 4.99 Å². The lowest BCUT2D eigenvalue weighted by molar-refractivity contribution is 0.880. The largest absolute Gasteiger partial charge is 0.340 e. The lowest BCUT2D eigenvalue weighted by atomic mass is 9.96. The molecule has 8 rings (SSSR count). The van der Waals surface area contributed by atoms with Gasteiger partial charge in [0.05, 0.1) is 6.04 Å². The van der Waals surface area contributed by atoms with Gasteiger partial charge >= 0.3 is 0 Å². The first kappa shape index (κ1) is 27.5. The Morgan fingerprint density at radius 1 is 0.435 bits per heavy atom. The Morgan fingerprint density at radius 2 is 1.04 bits per heavy atom. The first-order valence-electron chi connectivity index (χ1n) is 15.6. The van der Waals surface area contributed by atoms with E-state index in [1.807, 2.05) is 18.3 Å². The maximum Gasteiger partial charge on any atom is 0.133 e. The number of pyridine rings is 1. The molecule has 1 unspecified atom stereocenters. The second-order valence-electron chi connectivity index (χ2n) is 11.6. The number of hydrogen-bond donors (Lipinski definition) is 1. The summed E-state index contributed by atoms with van der Waals surface area (Å²) >= 11 is 0. The van der Waals surface area contributed by atoms with Gasteiger partial charge in [-0.05, 0) is 80.1 Å². The van der Waals surface area contributed by atoms with Crippen molar-refractivity contribution >= 4 is 22.3 Å². The highest BCUT2D eigenvalue weighted by Crippen LogP contribution is 2.32. The van der Waals surface area contributed by atoms with Crippen LogP contribution in [0.3, 0.4) is 0 Å². The highest BCUT2D eigenvalue weighted by Gasteiger charge is 2.20. The van der Waals surface area contributed by atoms with E-state index in [-0.39, 0.29) is 6.04 Å². The highest BCUT2D eigenvalue weighted by atomic mass is 15.0. The van der Waals surface area contributed by atoms with E-state index in [1.165, 1.54) is 27.5 Å². The number of benzene rings is 6. The van der Waals surface area contributed by atoms with E-state index in [0.29, 0.717) is 0 Å². The number of rotatable bonds is 6. The van der Waals surface area contributed by atoms with E-state index in [0.717, 1.165) is 44.9 Å². The minimum absolute atomic E-state index is 0.151. The Morgan fingerprint density at radius 3 is 1.85 bits per heavy atom. The third-order valence-electron chi connectivity index (χ3n) is 8.59. The molecule has 0 bridgehead atoms. The normalized spacial score (nSPS) is 14.3. The lowest BCUT2D eigenvalue weighted by Gasteiger charge is -2.24. The molecule has 1 atom stereocenters. The number of nitrogens with zero attached hydrogens (tertiary/aromatic N) is 2. The molecule has 3 heteroatoms. The van der Waals surface area contributed by atoms with Crippen LogP contribution in [0.1, 0.15) is 22.7 Å². The van der Waals surface area contributed by atoms with Crippen LogP contribution in [-0.2, 0) is 0 Å². The molecule has 0 saturated carbocycles. The van der Waals surface area contributed by atoms with Gasteiger partial charge in [0.1, 0.15) is 5.84 Å². The summed E-state index contributed by atoms with van der Waals surface area (Å²) in [6.45, 7) is 0. The smallest absolute Gasteiger partial charge is 0.133 e. The molecule has 6 aromatic carbocycles. The number of aliphatic imine (C=N–C) groups is 1. The van der Waals surface area contributed by atoms with E-state index in [1.54, 1.807) is 6.20 Å². The molecular weight excluding hydrogens is 558 g/mol. The van der Waals surface area contributed by atoms with Crippen LogP contribution in [0.5, 0.6) is 0 Å². The van der Waals surface area contributed by atoms with E-state index in [4.69, 9.17) is 4.99 Å². The standard InChI is InChI=1S/C43H31N3/c1-2-9-30(10-3-1)32-18-21-33(22-19-32)41-28-42(38-15-6-14-36(26-38)40-17-8-24-44-29-40)46-43(45-41)39-16-7-13-35(27-39)37-23-20-31-11-4-5-12-34(31)25-37/h1-29,41H,(H,45,46). The zero-order chi connectivity index (χ0) is 30.7. The van der Waals surface area contributed by atoms with Crippen LogP contribution in [0, 0.1) is 0 Å². The molecule has 3 nitrogen and oxygen atoms in total. The summed E-state index contributed by atoms with van der Waals surface area (Å²) in [6.07, 6.45) is 5.95. The number of nitrogens with one attached hydrogen (secondary N) is 1. The van der Waals surface area contributed by atoms with Crippen LogP contribution in [-0.4, -0.2) is 10.8 Å². The average molecular weight is 590 g/mol. The van der Waals surface area contributed by atoms with E-state index in [9.17, 15) is 0 Å². The topological polar surface area (TPSA) is 37.3 Å².